The quantitative estimate of drug-likeness (QED) is 0.676. The molecular formula is C9H15N3O4S. The van der Waals surface area contributed by atoms with Crippen molar-refractivity contribution in [1.82, 2.24) is 14.7 Å². The molecule has 0 aliphatic rings. The normalized spacial score (nSPS) is 13.8. The fraction of sp³-hybridized carbons (Fsp3) is 0.556. The standard InChI is InChI=1S/C9H15N3O4S/c1-6(2)3-7(9(13)14)12-17(15,16)8-4-10-5-11-8/h4-7,12H,3H2,1-2H3,(H,10,11)(H,13,14). The van der Waals surface area contributed by atoms with Crippen LogP contribution in [0.1, 0.15) is 20.3 Å². The van der Waals surface area contributed by atoms with Gasteiger partial charge in [-0.25, -0.2) is 13.4 Å². The smallest absolute Gasteiger partial charge is 0.321 e. The molecule has 1 unspecified atom stereocenters. The zero-order valence-corrected chi connectivity index (χ0v) is 10.4. The summed E-state index contributed by atoms with van der Waals surface area (Å²) in [6.07, 6.45) is 2.56. The van der Waals surface area contributed by atoms with Crippen LogP contribution in [0.5, 0.6) is 0 Å². The van der Waals surface area contributed by atoms with Gasteiger partial charge in [-0.3, -0.25) is 4.79 Å². The number of carbonyl (C=O) groups is 1. The number of nitrogens with zero attached hydrogens (tertiary/aromatic N) is 1. The molecule has 0 aliphatic carbocycles. The first kappa shape index (κ1) is 13.7. The van der Waals surface area contributed by atoms with Crippen molar-refractivity contribution in [3.05, 3.63) is 12.5 Å². The van der Waals surface area contributed by atoms with E-state index >= 15 is 0 Å². The van der Waals surface area contributed by atoms with Crippen molar-refractivity contribution >= 4 is 16.0 Å². The number of aromatic amines is 1. The summed E-state index contributed by atoms with van der Waals surface area (Å²) in [5, 5.41) is 8.78. The SMILES string of the molecule is CC(C)CC(NS(=O)(=O)c1cnc[nH]1)C(=O)O. The average molecular weight is 261 g/mol. The first-order valence-corrected chi connectivity index (χ1v) is 6.54. The maximum absolute atomic E-state index is 11.7. The van der Waals surface area contributed by atoms with Crippen molar-refractivity contribution in [3.8, 4) is 0 Å². The van der Waals surface area contributed by atoms with Crippen molar-refractivity contribution in [2.45, 2.75) is 31.3 Å². The molecule has 96 valence electrons. The molecule has 1 heterocycles. The van der Waals surface area contributed by atoms with E-state index in [-0.39, 0.29) is 17.4 Å². The van der Waals surface area contributed by atoms with E-state index in [2.05, 4.69) is 14.7 Å². The van der Waals surface area contributed by atoms with Crippen LogP contribution in [0.2, 0.25) is 0 Å². The number of aliphatic carboxylic acids is 1. The number of rotatable bonds is 6. The summed E-state index contributed by atoms with van der Waals surface area (Å²) in [5.74, 6) is -1.12. The van der Waals surface area contributed by atoms with Crippen LogP contribution in [0, 0.1) is 5.92 Å². The van der Waals surface area contributed by atoms with Gasteiger partial charge in [-0.2, -0.15) is 4.72 Å². The Morgan fingerprint density at radius 3 is 2.65 bits per heavy atom. The van der Waals surface area contributed by atoms with Crippen molar-refractivity contribution in [3.63, 3.8) is 0 Å². The zero-order chi connectivity index (χ0) is 13.1. The number of hydrogen-bond donors (Lipinski definition) is 3. The second-order valence-corrected chi connectivity index (χ2v) is 5.74. The Balaban J connectivity index is 2.84. The van der Waals surface area contributed by atoms with Crippen molar-refractivity contribution in [2.75, 3.05) is 0 Å². The Morgan fingerprint density at radius 1 is 1.59 bits per heavy atom. The lowest BCUT2D eigenvalue weighted by molar-refractivity contribution is -0.139. The summed E-state index contributed by atoms with van der Waals surface area (Å²) >= 11 is 0. The maximum Gasteiger partial charge on any atom is 0.321 e. The number of aromatic nitrogens is 2. The van der Waals surface area contributed by atoms with Gasteiger partial charge in [0, 0.05) is 0 Å². The van der Waals surface area contributed by atoms with Gasteiger partial charge >= 0.3 is 5.97 Å². The van der Waals surface area contributed by atoms with Crippen molar-refractivity contribution in [1.29, 1.82) is 0 Å². The van der Waals surface area contributed by atoms with Crippen LogP contribution in [-0.2, 0) is 14.8 Å². The van der Waals surface area contributed by atoms with Gasteiger partial charge in [0.1, 0.15) is 6.04 Å². The van der Waals surface area contributed by atoms with E-state index in [9.17, 15) is 13.2 Å². The van der Waals surface area contributed by atoms with E-state index in [0.717, 1.165) is 6.20 Å². The molecule has 0 saturated carbocycles. The molecule has 1 atom stereocenters. The van der Waals surface area contributed by atoms with Gasteiger partial charge in [0.25, 0.3) is 10.0 Å². The third-order valence-corrected chi connectivity index (χ3v) is 3.46. The molecule has 0 spiro atoms. The maximum atomic E-state index is 11.7. The Bertz CT molecular complexity index is 466. The van der Waals surface area contributed by atoms with E-state index < -0.39 is 22.0 Å². The number of carboxylic acid groups (broad SMARTS) is 1. The highest BCUT2D eigenvalue weighted by Gasteiger charge is 2.26. The highest BCUT2D eigenvalue weighted by atomic mass is 32.2. The lowest BCUT2D eigenvalue weighted by Crippen LogP contribution is -2.41. The van der Waals surface area contributed by atoms with Crippen molar-refractivity contribution < 1.29 is 18.3 Å². The van der Waals surface area contributed by atoms with Crippen LogP contribution in [0.4, 0.5) is 0 Å². The Hall–Kier alpha value is -1.41. The second-order valence-electron chi connectivity index (χ2n) is 4.06. The summed E-state index contributed by atoms with van der Waals surface area (Å²) in [7, 11) is -3.86. The molecule has 0 bridgehead atoms. The van der Waals surface area contributed by atoms with Crippen LogP contribution in [0.3, 0.4) is 0 Å². The summed E-state index contributed by atoms with van der Waals surface area (Å²) in [6.45, 7) is 3.64. The van der Waals surface area contributed by atoms with Crippen LogP contribution in [0.15, 0.2) is 17.6 Å². The van der Waals surface area contributed by atoms with E-state index in [1.807, 2.05) is 13.8 Å². The van der Waals surface area contributed by atoms with Gasteiger partial charge in [0.2, 0.25) is 0 Å². The first-order chi connectivity index (χ1) is 7.83. The van der Waals surface area contributed by atoms with Gasteiger partial charge in [-0.05, 0) is 12.3 Å². The number of nitrogens with one attached hydrogen (secondary N) is 2. The third-order valence-electron chi connectivity index (χ3n) is 2.07. The molecule has 1 rings (SSSR count). The minimum Gasteiger partial charge on any atom is -0.480 e. The fourth-order valence-electron chi connectivity index (χ4n) is 1.31. The van der Waals surface area contributed by atoms with Gasteiger partial charge < -0.3 is 10.1 Å². The Kier molecular flexibility index (Phi) is 4.24. The molecule has 1 aromatic heterocycles. The predicted molar refractivity (Wildman–Crippen MR) is 59.8 cm³/mol. The minimum absolute atomic E-state index is 0.0700. The highest BCUT2D eigenvalue weighted by molar-refractivity contribution is 7.89. The molecule has 1 aromatic rings. The first-order valence-electron chi connectivity index (χ1n) is 5.06. The minimum atomic E-state index is -3.86. The van der Waals surface area contributed by atoms with Crippen LogP contribution in [-0.4, -0.2) is 35.5 Å². The molecule has 8 heteroatoms. The number of sulfonamides is 1. The molecular weight excluding hydrogens is 246 g/mol. The molecule has 0 radical (unpaired) electrons. The van der Waals surface area contributed by atoms with E-state index in [1.54, 1.807) is 0 Å². The molecule has 7 nitrogen and oxygen atoms in total. The molecule has 0 amide bonds. The van der Waals surface area contributed by atoms with E-state index in [0.29, 0.717) is 0 Å². The van der Waals surface area contributed by atoms with Gasteiger partial charge in [0.15, 0.2) is 5.03 Å². The summed E-state index contributed by atoms with van der Waals surface area (Å²) in [4.78, 5) is 16.9. The highest BCUT2D eigenvalue weighted by Crippen LogP contribution is 2.09. The van der Waals surface area contributed by atoms with Crippen LogP contribution in [0.25, 0.3) is 0 Å². The summed E-state index contributed by atoms with van der Waals surface area (Å²) in [6, 6.07) is -1.14. The predicted octanol–water partition coefficient (Wildman–Crippen LogP) is 0.187. The molecule has 0 fully saturated rings. The topological polar surface area (TPSA) is 112 Å². The second kappa shape index (κ2) is 5.28. The number of imidazole rings is 1. The lowest BCUT2D eigenvalue weighted by Gasteiger charge is -2.15. The van der Waals surface area contributed by atoms with Gasteiger partial charge in [-0.15, -0.1) is 0 Å². The third kappa shape index (κ3) is 3.82. The summed E-state index contributed by atoms with van der Waals surface area (Å²) in [5.41, 5.74) is 0. The number of hydrogen-bond acceptors (Lipinski definition) is 4. The van der Waals surface area contributed by atoms with Gasteiger partial charge in [0.05, 0.1) is 12.5 Å². The lowest BCUT2D eigenvalue weighted by atomic mass is 10.1. The molecule has 17 heavy (non-hydrogen) atoms. The molecule has 0 aromatic carbocycles. The molecule has 3 N–H and O–H groups in total. The average Bonchev–Trinajstić information content (AvgIpc) is 2.68. The fourth-order valence-corrected chi connectivity index (χ4v) is 2.42. The summed E-state index contributed by atoms with van der Waals surface area (Å²) < 4.78 is 25.6. The van der Waals surface area contributed by atoms with Crippen molar-refractivity contribution in [2.24, 2.45) is 5.92 Å². The molecule has 0 saturated heterocycles. The Labute approximate surface area is 99.3 Å². The number of carboxylic acids is 1. The Morgan fingerprint density at radius 2 is 2.24 bits per heavy atom. The van der Waals surface area contributed by atoms with E-state index in [4.69, 9.17) is 5.11 Å². The van der Waals surface area contributed by atoms with Crippen LogP contribution >= 0.6 is 0 Å². The zero-order valence-electron chi connectivity index (χ0n) is 9.54. The molecule has 0 aliphatic heterocycles. The number of H-pyrrole nitrogens is 1. The largest absolute Gasteiger partial charge is 0.480 e. The van der Waals surface area contributed by atoms with Gasteiger partial charge in [-0.1, -0.05) is 13.8 Å². The van der Waals surface area contributed by atoms with E-state index in [1.165, 1.54) is 6.33 Å². The monoisotopic (exact) mass is 261 g/mol. The van der Waals surface area contributed by atoms with Crippen LogP contribution < -0.4 is 4.72 Å².